The summed E-state index contributed by atoms with van der Waals surface area (Å²) in [7, 11) is 1.57. The molecule has 104 valence electrons. The summed E-state index contributed by atoms with van der Waals surface area (Å²) in [6, 6.07) is 9.22. The SMILES string of the molecule is COc1ccc(C#Cc2cc(F)c(N=C=S)c(F)c2)cc1. The third-order valence-corrected chi connectivity index (χ3v) is 2.71. The van der Waals surface area contributed by atoms with E-state index in [2.05, 4.69) is 29.1 Å². The molecule has 21 heavy (non-hydrogen) atoms. The number of halogens is 2. The van der Waals surface area contributed by atoms with Crippen molar-refractivity contribution in [1.29, 1.82) is 0 Å². The van der Waals surface area contributed by atoms with Crippen LogP contribution in [0.4, 0.5) is 14.5 Å². The standard InChI is InChI=1S/C16H9F2NOS/c1-20-13-6-4-11(5-7-13)2-3-12-8-14(17)16(19-10-21)15(18)9-12/h4-9H,1H3. The molecule has 0 spiro atoms. The first-order valence-electron chi connectivity index (χ1n) is 5.87. The zero-order valence-electron chi connectivity index (χ0n) is 11.0. The highest BCUT2D eigenvalue weighted by Gasteiger charge is 2.09. The molecule has 0 aliphatic rings. The second-order valence-electron chi connectivity index (χ2n) is 3.97. The smallest absolute Gasteiger partial charge is 0.153 e. The summed E-state index contributed by atoms with van der Waals surface area (Å²) in [6.07, 6.45) is 0. The minimum atomic E-state index is -0.827. The van der Waals surface area contributed by atoms with Crippen LogP contribution in [0, 0.1) is 23.5 Å². The highest BCUT2D eigenvalue weighted by Crippen LogP contribution is 2.23. The van der Waals surface area contributed by atoms with Crippen molar-refractivity contribution in [3.05, 3.63) is 59.2 Å². The third kappa shape index (κ3) is 3.73. The van der Waals surface area contributed by atoms with Crippen LogP contribution in [-0.4, -0.2) is 12.3 Å². The van der Waals surface area contributed by atoms with Gasteiger partial charge in [-0.2, -0.15) is 4.99 Å². The molecule has 0 saturated carbocycles. The fourth-order valence-electron chi connectivity index (χ4n) is 1.61. The number of ether oxygens (including phenoxy) is 1. The van der Waals surface area contributed by atoms with Crippen LogP contribution in [0.1, 0.15) is 11.1 Å². The number of hydrogen-bond acceptors (Lipinski definition) is 3. The first kappa shape index (κ1) is 14.9. The minimum Gasteiger partial charge on any atom is -0.497 e. The molecule has 2 nitrogen and oxygen atoms in total. The fourth-order valence-corrected chi connectivity index (χ4v) is 1.70. The number of hydrogen-bond donors (Lipinski definition) is 0. The van der Waals surface area contributed by atoms with Gasteiger partial charge in [0.2, 0.25) is 0 Å². The Balaban J connectivity index is 2.32. The molecule has 0 atom stereocenters. The molecule has 2 rings (SSSR count). The molecule has 0 N–H and O–H groups in total. The van der Waals surface area contributed by atoms with Gasteiger partial charge in [-0.15, -0.1) is 0 Å². The Labute approximate surface area is 126 Å². The van der Waals surface area contributed by atoms with Gasteiger partial charge in [0.05, 0.1) is 12.3 Å². The van der Waals surface area contributed by atoms with Crippen molar-refractivity contribution < 1.29 is 13.5 Å². The molecule has 0 amide bonds. The van der Waals surface area contributed by atoms with Gasteiger partial charge in [-0.3, -0.25) is 0 Å². The van der Waals surface area contributed by atoms with Gasteiger partial charge in [-0.05, 0) is 48.6 Å². The van der Waals surface area contributed by atoms with E-state index in [4.69, 9.17) is 4.74 Å². The van der Waals surface area contributed by atoms with Crippen LogP contribution in [0.2, 0.25) is 0 Å². The van der Waals surface area contributed by atoms with Gasteiger partial charge in [0.15, 0.2) is 11.6 Å². The lowest BCUT2D eigenvalue weighted by molar-refractivity contribution is 0.415. The van der Waals surface area contributed by atoms with E-state index in [0.717, 1.165) is 12.1 Å². The van der Waals surface area contributed by atoms with E-state index in [1.165, 1.54) is 0 Å². The molecule has 0 aliphatic heterocycles. The van der Waals surface area contributed by atoms with Crippen LogP contribution in [0.15, 0.2) is 41.4 Å². The van der Waals surface area contributed by atoms with Crippen LogP contribution in [0.3, 0.4) is 0 Å². The second-order valence-corrected chi connectivity index (χ2v) is 4.15. The van der Waals surface area contributed by atoms with E-state index >= 15 is 0 Å². The molecular formula is C16H9F2NOS. The van der Waals surface area contributed by atoms with Gasteiger partial charge < -0.3 is 4.74 Å². The van der Waals surface area contributed by atoms with Crippen LogP contribution >= 0.6 is 12.2 Å². The number of rotatable bonds is 2. The molecule has 0 saturated heterocycles. The van der Waals surface area contributed by atoms with Crippen molar-refractivity contribution in [3.8, 4) is 17.6 Å². The summed E-state index contributed by atoms with van der Waals surface area (Å²) in [5.41, 5.74) is 0.460. The molecule has 0 fully saturated rings. The number of nitrogens with zero attached hydrogens (tertiary/aromatic N) is 1. The predicted molar refractivity (Wildman–Crippen MR) is 80.0 cm³/mol. The highest BCUT2D eigenvalue weighted by atomic mass is 32.1. The van der Waals surface area contributed by atoms with Crippen LogP contribution in [0.5, 0.6) is 5.75 Å². The van der Waals surface area contributed by atoms with E-state index in [1.54, 1.807) is 31.4 Å². The van der Waals surface area contributed by atoms with E-state index in [9.17, 15) is 8.78 Å². The zero-order valence-corrected chi connectivity index (χ0v) is 11.8. The van der Waals surface area contributed by atoms with Crippen molar-refractivity contribution in [1.82, 2.24) is 0 Å². The first-order chi connectivity index (χ1) is 10.1. The number of aliphatic imine (C=N–C) groups is 1. The molecule has 5 heteroatoms. The average Bonchev–Trinajstić information content (AvgIpc) is 2.49. The van der Waals surface area contributed by atoms with Crippen LogP contribution in [0.25, 0.3) is 0 Å². The van der Waals surface area contributed by atoms with Gasteiger partial charge in [-0.1, -0.05) is 11.8 Å². The summed E-state index contributed by atoms with van der Waals surface area (Å²) >= 11 is 4.33. The maximum absolute atomic E-state index is 13.6. The molecule has 0 aromatic heterocycles. The van der Waals surface area contributed by atoms with E-state index in [-0.39, 0.29) is 5.56 Å². The molecule has 0 heterocycles. The van der Waals surface area contributed by atoms with Crippen LogP contribution in [-0.2, 0) is 0 Å². The molecular weight excluding hydrogens is 292 g/mol. The minimum absolute atomic E-state index is 0.212. The number of benzene rings is 2. The highest BCUT2D eigenvalue weighted by molar-refractivity contribution is 7.78. The Hall–Kier alpha value is -2.54. The fraction of sp³-hybridized carbons (Fsp3) is 0.0625. The van der Waals surface area contributed by atoms with Gasteiger partial charge >= 0.3 is 0 Å². The Morgan fingerprint density at radius 2 is 1.57 bits per heavy atom. The topological polar surface area (TPSA) is 21.6 Å². The monoisotopic (exact) mass is 301 g/mol. The first-order valence-corrected chi connectivity index (χ1v) is 6.28. The van der Waals surface area contributed by atoms with E-state index < -0.39 is 17.3 Å². The van der Waals surface area contributed by atoms with Gasteiger partial charge in [0, 0.05) is 11.1 Å². The van der Waals surface area contributed by atoms with Gasteiger partial charge in [0.1, 0.15) is 11.4 Å². The van der Waals surface area contributed by atoms with E-state index in [1.807, 2.05) is 5.16 Å². The Morgan fingerprint density at radius 3 is 2.10 bits per heavy atom. The van der Waals surface area contributed by atoms with Gasteiger partial charge in [-0.25, -0.2) is 8.78 Å². The summed E-state index contributed by atoms with van der Waals surface area (Å²) in [5, 5.41) is 1.93. The maximum Gasteiger partial charge on any atom is 0.153 e. The van der Waals surface area contributed by atoms with Crippen molar-refractivity contribution in [2.24, 2.45) is 4.99 Å². The van der Waals surface area contributed by atoms with Gasteiger partial charge in [0.25, 0.3) is 0 Å². The van der Waals surface area contributed by atoms with Crippen molar-refractivity contribution in [3.63, 3.8) is 0 Å². The summed E-state index contributed by atoms with van der Waals surface area (Å²) < 4.78 is 32.3. The van der Waals surface area contributed by atoms with Crippen molar-refractivity contribution in [2.75, 3.05) is 7.11 Å². The molecule has 2 aromatic carbocycles. The maximum atomic E-state index is 13.6. The molecule has 0 bridgehead atoms. The largest absolute Gasteiger partial charge is 0.497 e. The lowest BCUT2D eigenvalue weighted by Gasteiger charge is -1.99. The second kappa shape index (κ2) is 6.76. The molecule has 0 radical (unpaired) electrons. The molecule has 0 unspecified atom stereocenters. The summed E-state index contributed by atoms with van der Waals surface area (Å²) in [5.74, 6) is 4.56. The third-order valence-electron chi connectivity index (χ3n) is 2.62. The predicted octanol–water partition coefficient (Wildman–Crippen LogP) is 4.11. The Kier molecular flexibility index (Phi) is 4.78. The Morgan fingerprint density at radius 1 is 1.00 bits per heavy atom. The molecule has 0 aliphatic carbocycles. The quantitative estimate of drug-likeness (QED) is 0.473. The summed E-state index contributed by atoms with van der Waals surface area (Å²) in [4.78, 5) is 3.34. The van der Waals surface area contributed by atoms with Crippen LogP contribution < -0.4 is 4.74 Å². The molecule has 2 aromatic rings. The lowest BCUT2D eigenvalue weighted by atomic mass is 10.1. The lowest BCUT2D eigenvalue weighted by Crippen LogP contribution is -1.86. The normalized spacial score (nSPS) is 9.29. The summed E-state index contributed by atoms with van der Waals surface area (Å²) in [6.45, 7) is 0. The van der Waals surface area contributed by atoms with Crippen molar-refractivity contribution >= 4 is 23.1 Å². The zero-order chi connectivity index (χ0) is 15.2. The number of methoxy groups -OCH3 is 1. The average molecular weight is 301 g/mol. The van der Waals surface area contributed by atoms with Crippen molar-refractivity contribution in [2.45, 2.75) is 0 Å². The Bertz CT molecular complexity index is 746. The van der Waals surface area contributed by atoms with E-state index in [0.29, 0.717) is 11.3 Å². The number of thiocarbonyl (C=S) groups is 1. The number of isothiocyanates is 1.